The van der Waals surface area contributed by atoms with E-state index in [2.05, 4.69) is 25.3 Å². The number of fused-ring (bicyclic) bond motifs is 1. The average Bonchev–Trinajstić information content (AvgIpc) is 3.15. The molecule has 0 saturated heterocycles. The van der Waals surface area contributed by atoms with Gasteiger partial charge in [-0.15, -0.1) is 11.3 Å². The second-order valence-corrected chi connectivity index (χ2v) is 10.3. The van der Waals surface area contributed by atoms with Crippen LogP contribution in [0.4, 0.5) is 17.6 Å². The molecule has 0 amide bonds. The summed E-state index contributed by atoms with van der Waals surface area (Å²) in [5.41, 5.74) is 4.91. The second kappa shape index (κ2) is 8.22. The normalized spacial score (nSPS) is 12.1. The van der Waals surface area contributed by atoms with Crippen molar-refractivity contribution in [1.29, 1.82) is 0 Å². The first kappa shape index (κ1) is 23.4. The summed E-state index contributed by atoms with van der Waals surface area (Å²) in [7, 11) is -9.71. The fourth-order valence-corrected chi connectivity index (χ4v) is 5.87. The third-order valence-corrected chi connectivity index (χ3v) is 7.44. The summed E-state index contributed by atoms with van der Waals surface area (Å²) in [6.45, 7) is 0. The maximum Gasteiger partial charge on any atom is 0.337 e. The van der Waals surface area contributed by atoms with E-state index >= 15 is 0 Å². The first-order valence-corrected chi connectivity index (χ1v) is 12.5. The van der Waals surface area contributed by atoms with Crippen LogP contribution in [0, 0.1) is 0 Å². The molecule has 0 atom stereocenters. The van der Waals surface area contributed by atoms with Crippen LogP contribution >= 0.6 is 11.3 Å². The molecule has 4 rings (SSSR count). The van der Waals surface area contributed by atoms with E-state index in [9.17, 15) is 35.8 Å². The van der Waals surface area contributed by atoms with Gasteiger partial charge in [0.25, 0.3) is 20.2 Å². The molecule has 0 aliphatic carbocycles. The maximum absolute atomic E-state index is 12.0. The molecule has 0 aliphatic heterocycles. The Bertz CT molecular complexity index is 1680. The summed E-state index contributed by atoms with van der Waals surface area (Å²) in [5, 5.41) is 12.0. The monoisotopic (exact) mass is 524 g/mol. The molecule has 0 aliphatic rings. The van der Waals surface area contributed by atoms with Crippen LogP contribution in [0.5, 0.6) is 0 Å². The molecule has 6 N–H and O–H groups in total. The Morgan fingerprint density at radius 3 is 2.35 bits per heavy atom. The zero-order valence-electron chi connectivity index (χ0n) is 16.4. The quantitative estimate of drug-likeness (QED) is 0.226. The van der Waals surface area contributed by atoms with Crippen molar-refractivity contribution in [3.8, 4) is 10.6 Å². The minimum atomic E-state index is -4.94. The Morgan fingerprint density at radius 1 is 1.00 bits per heavy atom. The van der Waals surface area contributed by atoms with Gasteiger partial charge in [0.05, 0.1) is 21.5 Å². The molecule has 0 radical (unpaired) electrons. The number of hydrogen-bond acceptors (Lipinski definition) is 12. The molecular formula is C17H12N6O8S3. The Morgan fingerprint density at radius 2 is 1.74 bits per heavy atom. The van der Waals surface area contributed by atoms with Crippen LogP contribution < -0.4 is 11.1 Å². The van der Waals surface area contributed by atoms with Crippen LogP contribution in [-0.4, -0.2) is 57.0 Å². The predicted octanol–water partition coefficient (Wildman–Crippen LogP) is 1.67. The Hall–Kier alpha value is -3.77. The lowest BCUT2D eigenvalue weighted by atomic mass is 10.2. The van der Waals surface area contributed by atoms with E-state index < -0.39 is 41.6 Å². The van der Waals surface area contributed by atoms with Gasteiger partial charge < -0.3 is 16.2 Å². The van der Waals surface area contributed by atoms with Crippen molar-refractivity contribution in [2.75, 3.05) is 11.1 Å². The molecule has 4 aromatic rings. The summed E-state index contributed by atoms with van der Waals surface area (Å²) in [4.78, 5) is 25.4. The number of aromatic nitrogens is 4. The molecule has 176 valence electrons. The number of carboxylic acids is 1. The van der Waals surface area contributed by atoms with E-state index in [1.165, 1.54) is 18.2 Å². The zero-order chi connectivity index (χ0) is 24.8. The molecule has 0 bridgehead atoms. The molecule has 2 heterocycles. The Balaban J connectivity index is 1.88. The standard InChI is InChI=1S/C17H12N6O8S3/c18-16-19-6-20-17(23-16)22-9-3-1-7(5-11(9)33(26,27)28)14-21-10-4-2-8(15(24)25)13(12(10)32-14)34(29,30)31/h1-6H,(H,24,25)(H,26,27,28)(H,29,30,31)(H3,18,19,20,22,23). The number of nitrogens with one attached hydrogen (secondary N) is 1. The van der Waals surface area contributed by atoms with Gasteiger partial charge in [-0.2, -0.15) is 21.8 Å². The van der Waals surface area contributed by atoms with Crippen molar-refractivity contribution in [3.05, 3.63) is 42.2 Å². The number of aromatic carboxylic acids is 1. The number of nitrogen functional groups attached to an aromatic ring is 1. The van der Waals surface area contributed by atoms with Crippen LogP contribution in [0.15, 0.2) is 46.5 Å². The van der Waals surface area contributed by atoms with Gasteiger partial charge in [0, 0.05) is 5.56 Å². The first-order chi connectivity index (χ1) is 15.8. The molecule has 0 saturated carbocycles. The SMILES string of the molecule is Nc1ncnc(Nc2ccc(-c3nc4ccc(C(=O)O)c(S(=O)(=O)O)c4s3)cc2S(=O)(=O)O)n1. The summed E-state index contributed by atoms with van der Waals surface area (Å²) in [5.74, 6) is -1.80. The van der Waals surface area contributed by atoms with Crippen LogP contribution in [-0.2, 0) is 20.2 Å². The summed E-state index contributed by atoms with van der Waals surface area (Å²) >= 11 is 0.707. The number of thiazole rings is 1. The summed E-state index contributed by atoms with van der Waals surface area (Å²) in [6, 6.07) is 5.97. The second-order valence-electron chi connectivity index (χ2n) is 6.57. The van der Waals surface area contributed by atoms with E-state index in [1.807, 2.05) is 0 Å². The van der Waals surface area contributed by atoms with E-state index in [0.717, 1.165) is 18.5 Å². The molecule has 2 aromatic heterocycles. The highest BCUT2D eigenvalue weighted by Gasteiger charge is 2.26. The highest BCUT2D eigenvalue weighted by molar-refractivity contribution is 7.86. The van der Waals surface area contributed by atoms with Crippen molar-refractivity contribution < 1.29 is 35.8 Å². The molecule has 0 unspecified atom stereocenters. The van der Waals surface area contributed by atoms with Gasteiger partial charge >= 0.3 is 5.97 Å². The van der Waals surface area contributed by atoms with Crippen LogP contribution in [0.2, 0.25) is 0 Å². The average molecular weight is 525 g/mol. The Kier molecular flexibility index (Phi) is 5.66. The molecule has 0 spiro atoms. The first-order valence-electron chi connectivity index (χ1n) is 8.82. The number of carboxylic acid groups (broad SMARTS) is 1. The van der Waals surface area contributed by atoms with Gasteiger partial charge in [-0.05, 0) is 30.3 Å². The maximum atomic E-state index is 12.0. The number of nitrogens with zero attached hydrogens (tertiary/aromatic N) is 4. The van der Waals surface area contributed by atoms with Gasteiger partial charge in [-0.1, -0.05) is 0 Å². The summed E-state index contributed by atoms with van der Waals surface area (Å²) < 4.78 is 66.9. The molecule has 0 fully saturated rings. The van der Waals surface area contributed by atoms with Crippen LogP contribution in [0.1, 0.15) is 10.4 Å². The van der Waals surface area contributed by atoms with E-state index in [4.69, 9.17) is 5.73 Å². The van der Waals surface area contributed by atoms with Crippen molar-refractivity contribution >= 4 is 65.3 Å². The largest absolute Gasteiger partial charge is 0.478 e. The minimum Gasteiger partial charge on any atom is -0.478 e. The van der Waals surface area contributed by atoms with Crippen LogP contribution in [0.25, 0.3) is 20.8 Å². The van der Waals surface area contributed by atoms with Gasteiger partial charge in [-0.25, -0.2) is 19.7 Å². The number of carbonyl (C=O) groups is 1. The lowest BCUT2D eigenvalue weighted by molar-refractivity contribution is 0.0692. The smallest absolute Gasteiger partial charge is 0.337 e. The fraction of sp³-hybridized carbons (Fsp3) is 0. The molecule has 17 heteroatoms. The van der Waals surface area contributed by atoms with E-state index in [-0.39, 0.29) is 38.4 Å². The molecule has 34 heavy (non-hydrogen) atoms. The van der Waals surface area contributed by atoms with Crippen LogP contribution in [0.3, 0.4) is 0 Å². The third kappa shape index (κ3) is 4.50. The molecular weight excluding hydrogens is 512 g/mol. The summed E-state index contributed by atoms with van der Waals surface area (Å²) in [6.07, 6.45) is 1.09. The number of hydrogen-bond donors (Lipinski definition) is 5. The lowest BCUT2D eigenvalue weighted by Crippen LogP contribution is -2.08. The van der Waals surface area contributed by atoms with Gasteiger partial charge in [0.1, 0.15) is 21.1 Å². The van der Waals surface area contributed by atoms with Gasteiger partial charge in [0.2, 0.25) is 11.9 Å². The predicted molar refractivity (Wildman–Crippen MR) is 119 cm³/mol. The van der Waals surface area contributed by atoms with Gasteiger partial charge in [-0.3, -0.25) is 9.11 Å². The topological polar surface area (TPSA) is 236 Å². The molecule has 2 aromatic carbocycles. The van der Waals surface area contributed by atoms with Crippen molar-refractivity contribution in [2.24, 2.45) is 0 Å². The highest BCUT2D eigenvalue weighted by Crippen LogP contribution is 2.38. The lowest BCUT2D eigenvalue weighted by Gasteiger charge is -2.10. The minimum absolute atomic E-state index is 0.0499. The fourth-order valence-electron chi connectivity index (χ4n) is 2.98. The van der Waals surface area contributed by atoms with Crippen molar-refractivity contribution in [2.45, 2.75) is 9.79 Å². The Labute approximate surface area is 194 Å². The van der Waals surface area contributed by atoms with Crippen molar-refractivity contribution in [1.82, 2.24) is 19.9 Å². The number of anilines is 3. The van der Waals surface area contributed by atoms with E-state index in [1.54, 1.807) is 0 Å². The van der Waals surface area contributed by atoms with Gasteiger partial charge in [0.15, 0.2) is 0 Å². The van der Waals surface area contributed by atoms with E-state index in [0.29, 0.717) is 11.3 Å². The number of nitrogens with two attached hydrogens (primary N) is 1. The third-order valence-electron chi connectivity index (χ3n) is 4.34. The van der Waals surface area contributed by atoms with Crippen molar-refractivity contribution in [3.63, 3.8) is 0 Å². The zero-order valence-corrected chi connectivity index (χ0v) is 18.9. The molecule has 14 nitrogen and oxygen atoms in total. The highest BCUT2D eigenvalue weighted by atomic mass is 32.2. The number of benzene rings is 2. The number of rotatable bonds is 6.